The van der Waals surface area contributed by atoms with Crippen LogP contribution in [0.4, 0.5) is 0 Å². The minimum atomic E-state index is -4.97. The highest BCUT2D eigenvalue weighted by Crippen LogP contribution is 2.45. The lowest BCUT2D eigenvalue weighted by molar-refractivity contribution is -0.161. The van der Waals surface area contributed by atoms with E-state index in [1.807, 2.05) is 0 Å². The molecule has 3 N–H and O–H groups in total. The highest BCUT2D eigenvalue weighted by atomic mass is 31.2. The number of allylic oxidation sites excluding steroid dienone is 4. The number of hydrogen-bond donors (Lipinski definition) is 3. The molecule has 0 rings (SSSR count). The molecule has 0 spiro atoms. The van der Waals surface area contributed by atoms with Crippen LogP contribution in [0.25, 0.3) is 0 Å². The summed E-state index contributed by atoms with van der Waals surface area (Å²) in [7, 11) is -9.93. The van der Waals surface area contributed by atoms with Gasteiger partial charge in [-0.1, -0.05) is 342 Å². The predicted molar refractivity (Wildman–Crippen MR) is 409 cm³/mol. The number of hydrogen-bond acceptors (Lipinski definition) is 15. The summed E-state index contributed by atoms with van der Waals surface area (Å²) in [5.74, 6) is 0.171. The van der Waals surface area contributed by atoms with Crippen molar-refractivity contribution in [1.29, 1.82) is 0 Å². The molecular weight excluding hydrogens is 1310 g/mol. The monoisotopic (exact) mass is 1460 g/mol. The Morgan fingerprint density at radius 2 is 0.590 bits per heavy atom. The summed E-state index contributed by atoms with van der Waals surface area (Å²) in [4.78, 5) is 72.9. The first-order valence-electron chi connectivity index (χ1n) is 41.2. The molecule has 0 fully saturated rings. The number of carbonyl (C=O) groups is 4. The molecule has 100 heavy (non-hydrogen) atoms. The van der Waals surface area contributed by atoms with Crippen LogP contribution in [0, 0.1) is 17.8 Å². The highest BCUT2D eigenvalue weighted by Gasteiger charge is 2.30. The molecule has 3 unspecified atom stereocenters. The Balaban J connectivity index is 5.21. The molecule has 19 heteroatoms. The molecule has 0 aromatic carbocycles. The van der Waals surface area contributed by atoms with Gasteiger partial charge in [0, 0.05) is 25.7 Å². The van der Waals surface area contributed by atoms with Crippen molar-refractivity contribution >= 4 is 39.5 Å². The van der Waals surface area contributed by atoms with Gasteiger partial charge in [0.2, 0.25) is 0 Å². The molecule has 0 radical (unpaired) electrons. The lowest BCUT2D eigenvalue weighted by atomic mass is 9.99. The van der Waals surface area contributed by atoms with Crippen LogP contribution < -0.4 is 0 Å². The largest absolute Gasteiger partial charge is 0.472 e. The second kappa shape index (κ2) is 70.8. The third kappa shape index (κ3) is 72.5. The SMILES string of the molecule is CCCCCC/C=C\C=C/CCCCCCCC(=O)O[C@H](COC(=O)CCCCCCCCCCCCCC(C)C)COP(=O)(O)OC[C@@H](O)COP(=O)(O)OC[C@@H](COC(=O)CCCCCCCCC(C)C)OC(=O)CCCCCCCCCCCCCCCCCCCCC(C)CC. The van der Waals surface area contributed by atoms with Crippen molar-refractivity contribution in [3.05, 3.63) is 24.3 Å². The highest BCUT2D eigenvalue weighted by molar-refractivity contribution is 7.47. The van der Waals surface area contributed by atoms with Gasteiger partial charge in [0.05, 0.1) is 26.4 Å². The van der Waals surface area contributed by atoms with Crippen LogP contribution in [0.5, 0.6) is 0 Å². The van der Waals surface area contributed by atoms with Crippen molar-refractivity contribution in [3.63, 3.8) is 0 Å². The van der Waals surface area contributed by atoms with Crippen molar-refractivity contribution in [2.45, 2.75) is 414 Å². The molecule has 0 heterocycles. The first-order chi connectivity index (χ1) is 48.3. The standard InChI is InChI=1S/C81H154O17P2/c1-8-10-11-12-13-14-15-16-21-25-30-36-41-50-57-64-80(85)97-76(68-91-78(83)62-55-48-40-35-32-27-28-33-38-45-52-59-72(3)4)70-95-99(87,88)93-66-75(82)67-94-100(89,90)96-71-77(69-92-79(84)63-56-49-44-43-46-53-60-73(5)6)98-81(86)65-58-51-42-37-31-26-23-20-18-17-19-22-24-29-34-39-47-54-61-74(7)9-2/h14-16,21,72-77,82H,8-13,17-20,22-71H2,1-7H3,(H,87,88)(H,89,90)/b15-14-,21-16-/t74?,75-,76-,77-/m1/s1. The van der Waals surface area contributed by atoms with Gasteiger partial charge in [-0.3, -0.25) is 37.3 Å². The smallest absolute Gasteiger partial charge is 0.462 e. The van der Waals surface area contributed by atoms with E-state index in [1.54, 1.807) is 0 Å². The quantitative estimate of drug-likeness (QED) is 0.0169. The molecule has 0 aromatic heterocycles. The molecule has 17 nitrogen and oxygen atoms in total. The van der Waals surface area contributed by atoms with E-state index in [4.69, 9.17) is 37.0 Å². The first-order valence-corrected chi connectivity index (χ1v) is 44.2. The van der Waals surface area contributed by atoms with Crippen LogP contribution in [0.1, 0.15) is 395 Å². The Hall–Kier alpha value is -2.46. The van der Waals surface area contributed by atoms with Crippen LogP contribution in [0.15, 0.2) is 24.3 Å². The van der Waals surface area contributed by atoms with Crippen LogP contribution >= 0.6 is 15.6 Å². The maximum absolute atomic E-state index is 13.1. The summed E-state index contributed by atoms with van der Waals surface area (Å²) in [5, 5.41) is 10.6. The maximum Gasteiger partial charge on any atom is 0.472 e. The van der Waals surface area contributed by atoms with Crippen LogP contribution in [-0.4, -0.2) is 96.7 Å². The maximum atomic E-state index is 13.1. The van der Waals surface area contributed by atoms with Gasteiger partial charge >= 0.3 is 39.5 Å². The molecule has 0 aliphatic heterocycles. The third-order valence-corrected chi connectivity index (χ3v) is 20.5. The zero-order chi connectivity index (χ0) is 73.7. The first kappa shape index (κ1) is 97.5. The molecule has 0 saturated carbocycles. The molecule has 0 bridgehead atoms. The summed E-state index contributed by atoms with van der Waals surface area (Å²) >= 11 is 0. The Bertz CT molecular complexity index is 2040. The van der Waals surface area contributed by atoms with Gasteiger partial charge in [-0.2, -0.15) is 0 Å². The summed E-state index contributed by atoms with van der Waals surface area (Å²) in [5.41, 5.74) is 0. The fraction of sp³-hybridized carbons (Fsp3) is 0.901. The van der Waals surface area contributed by atoms with Gasteiger partial charge in [-0.25, -0.2) is 9.13 Å². The van der Waals surface area contributed by atoms with E-state index < -0.39 is 97.5 Å². The normalized spacial score (nSPS) is 14.4. The molecule has 0 aromatic rings. The molecule has 0 amide bonds. The number of phosphoric ester groups is 2. The van der Waals surface area contributed by atoms with E-state index in [-0.39, 0.29) is 25.7 Å². The fourth-order valence-electron chi connectivity index (χ4n) is 11.9. The zero-order valence-corrected chi connectivity index (χ0v) is 66.9. The van der Waals surface area contributed by atoms with E-state index in [9.17, 15) is 43.2 Å². The van der Waals surface area contributed by atoms with Crippen molar-refractivity contribution in [2.24, 2.45) is 17.8 Å². The Kier molecular flexibility index (Phi) is 69.1. The minimum Gasteiger partial charge on any atom is -0.462 e. The number of phosphoric acid groups is 2. The molecule has 0 aliphatic rings. The van der Waals surface area contributed by atoms with Crippen molar-refractivity contribution in [2.75, 3.05) is 39.6 Å². The van der Waals surface area contributed by atoms with Crippen LogP contribution in [0.2, 0.25) is 0 Å². The van der Waals surface area contributed by atoms with Gasteiger partial charge in [-0.05, 0) is 69.1 Å². The Morgan fingerprint density at radius 3 is 0.890 bits per heavy atom. The predicted octanol–water partition coefficient (Wildman–Crippen LogP) is 23.7. The van der Waals surface area contributed by atoms with E-state index in [1.165, 1.54) is 186 Å². The number of aliphatic hydroxyl groups excluding tert-OH is 1. The fourth-order valence-corrected chi connectivity index (χ4v) is 13.5. The third-order valence-electron chi connectivity index (χ3n) is 18.6. The second-order valence-electron chi connectivity index (χ2n) is 29.7. The summed E-state index contributed by atoms with van der Waals surface area (Å²) in [6.07, 6.45) is 62.0. The van der Waals surface area contributed by atoms with Crippen LogP contribution in [0.3, 0.4) is 0 Å². The molecular formula is C81H154O17P2. The topological polar surface area (TPSA) is 237 Å². The van der Waals surface area contributed by atoms with Gasteiger partial charge in [0.25, 0.3) is 0 Å². The summed E-state index contributed by atoms with van der Waals surface area (Å²) in [6.45, 7) is 11.8. The van der Waals surface area contributed by atoms with Gasteiger partial charge in [-0.15, -0.1) is 0 Å². The van der Waals surface area contributed by atoms with E-state index >= 15 is 0 Å². The Morgan fingerprint density at radius 1 is 0.330 bits per heavy atom. The van der Waals surface area contributed by atoms with E-state index in [0.717, 1.165) is 121 Å². The van der Waals surface area contributed by atoms with Gasteiger partial charge in [0.1, 0.15) is 19.3 Å². The number of unbranched alkanes of at least 4 members (excludes halogenated alkanes) is 41. The molecule has 6 atom stereocenters. The molecule has 590 valence electrons. The van der Waals surface area contributed by atoms with E-state index in [2.05, 4.69) is 72.8 Å². The Labute approximate surface area is 612 Å². The number of aliphatic hydroxyl groups is 1. The second-order valence-corrected chi connectivity index (χ2v) is 32.6. The number of rotatable bonds is 77. The number of ether oxygens (including phenoxy) is 4. The summed E-state index contributed by atoms with van der Waals surface area (Å²) in [6, 6.07) is 0. The molecule has 0 aliphatic carbocycles. The molecule has 0 saturated heterocycles. The van der Waals surface area contributed by atoms with Gasteiger partial charge in [0.15, 0.2) is 12.2 Å². The van der Waals surface area contributed by atoms with Crippen molar-refractivity contribution < 1.29 is 80.2 Å². The van der Waals surface area contributed by atoms with Crippen LogP contribution in [-0.2, 0) is 65.4 Å². The summed E-state index contributed by atoms with van der Waals surface area (Å²) < 4.78 is 68.6. The zero-order valence-electron chi connectivity index (χ0n) is 65.2. The average Bonchev–Trinajstić information content (AvgIpc) is 0.908. The van der Waals surface area contributed by atoms with Crippen molar-refractivity contribution in [3.8, 4) is 0 Å². The minimum absolute atomic E-state index is 0.0847. The number of esters is 4. The van der Waals surface area contributed by atoms with E-state index in [0.29, 0.717) is 31.6 Å². The van der Waals surface area contributed by atoms with Crippen molar-refractivity contribution in [1.82, 2.24) is 0 Å². The lowest BCUT2D eigenvalue weighted by Gasteiger charge is -2.21. The van der Waals surface area contributed by atoms with Gasteiger partial charge < -0.3 is 33.8 Å². The number of carbonyl (C=O) groups excluding carboxylic acids is 4. The average molecular weight is 1460 g/mol. The lowest BCUT2D eigenvalue weighted by Crippen LogP contribution is -2.30.